The van der Waals surface area contributed by atoms with E-state index in [2.05, 4.69) is 0 Å². The van der Waals surface area contributed by atoms with E-state index in [0.29, 0.717) is 17.9 Å². The van der Waals surface area contributed by atoms with E-state index >= 15 is 0 Å². The third-order valence-electron chi connectivity index (χ3n) is 1.07. The first kappa shape index (κ1) is 13.5. The van der Waals surface area contributed by atoms with E-state index < -0.39 is 12.2 Å². The van der Waals surface area contributed by atoms with Crippen molar-refractivity contribution in [3.05, 3.63) is 0 Å². The Morgan fingerprint density at radius 1 is 0.917 bits per heavy atom. The number of hydrogen-bond acceptors (Lipinski definition) is 3. The van der Waals surface area contributed by atoms with Gasteiger partial charge in [-0.3, -0.25) is 0 Å². The van der Waals surface area contributed by atoms with Crippen LogP contribution in [0.5, 0.6) is 0 Å². The molecular weight excluding hydrogens is 165 g/mol. The third-order valence-corrected chi connectivity index (χ3v) is 1.07. The van der Waals surface area contributed by atoms with Crippen molar-refractivity contribution in [3.8, 4) is 17.9 Å². The number of halogens is 3. The Morgan fingerprint density at radius 3 is 1.17 bits per heavy atom. The first-order valence-electron chi connectivity index (χ1n) is 2.39. The third kappa shape index (κ3) is 1.96. The minimum atomic E-state index is -5.06. The summed E-state index contributed by atoms with van der Waals surface area (Å²) in [5.41, 5.74) is 0. The first-order valence-corrected chi connectivity index (χ1v) is 2.39. The smallest absolute Gasteiger partial charge is 0.247 e. The number of hydrogen-bond donors (Lipinski definition) is 0. The Hall–Kier alpha value is -1.08. The number of nitrogens with zero attached hydrogens (tertiary/aromatic N) is 3. The molecule has 0 aromatic heterocycles. The van der Waals surface area contributed by atoms with Crippen molar-refractivity contribution in [1.29, 1.82) is 15.8 Å². The molecule has 0 amide bonds. The van der Waals surface area contributed by atoms with E-state index in [-0.39, 0.29) is 18.9 Å². The van der Waals surface area contributed by atoms with Crippen LogP contribution in [-0.2, 0) is 0 Å². The second-order valence-corrected chi connectivity index (χ2v) is 1.79. The van der Waals surface area contributed by atoms with E-state index in [1.165, 1.54) is 0 Å². The van der Waals surface area contributed by atoms with Gasteiger partial charge in [0.05, 0.1) is 0 Å². The monoisotopic (exact) mass is 165 g/mol. The Balaban J connectivity index is 0. The van der Waals surface area contributed by atoms with Crippen LogP contribution in [0.1, 0.15) is 0 Å². The van der Waals surface area contributed by atoms with E-state index in [4.69, 9.17) is 15.8 Å². The molecule has 0 unspecified atom stereocenters. The van der Waals surface area contributed by atoms with Gasteiger partial charge in [0.1, 0.15) is 0 Å². The second kappa shape index (κ2) is 4.08. The molecule has 0 atom stereocenters. The van der Waals surface area contributed by atoms with E-state index in [0.717, 1.165) is 0 Å². The number of nitriles is 3. The van der Waals surface area contributed by atoms with Crippen LogP contribution in [0.3, 0.4) is 0 Å². The second-order valence-electron chi connectivity index (χ2n) is 1.79. The summed E-state index contributed by atoms with van der Waals surface area (Å²) >= 11 is 0. The van der Waals surface area contributed by atoms with Gasteiger partial charge in [-0.05, 0) is 0 Å². The molecule has 0 bridgehead atoms. The molecule has 0 N–H and O–H groups in total. The summed E-state index contributed by atoms with van der Waals surface area (Å²) in [5, 5.41) is 23.8. The van der Waals surface area contributed by atoms with Crippen molar-refractivity contribution in [2.75, 3.05) is 0 Å². The van der Waals surface area contributed by atoms with Gasteiger partial charge in [0, 0.05) is 0 Å². The predicted molar refractivity (Wildman–Crippen MR) is 28.6 cm³/mol. The summed E-state index contributed by atoms with van der Waals surface area (Å²) in [4.78, 5) is 0. The van der Waals surface area contributed by atoms with Gasteiger partial charge in [0.2, 0.25) is 0 Å². The van der Waals surface area contributed by atoms with E-state index in [1.807, 2.05) is 0 Å². The Morgan fingerprint density at radius 2 is 1.17 bits per heavy atom. The molecule has 0 aromatic carbocycles. The quantitative estimate of drug-likeness (QED) is 0.379. The van der Waals surface area contributed by atoms with Gasteiger partial charge in [-0.25, -0.2) is 29.0 Å². The molecular formula is C4BF3LiN3. The number of alkyl halides is 3. The molecule has 0 aliphatic heterocycles. The maximum atomic E-state index is 11.7. The summed E-state index contributed by atoms with van der Waals surface area (Å²) in [5.74, 6) is 2.01. The first-order chi connectivity index (χ1) is 4.93. The van der Waals surface area contributed by atoms with Gasteiger partial charge < -0.3 is 0 Å². The Labute approximate surface area is 78.5 Å². The minimum absolute atomic E-state index is 0. The Kier molecular flexibility index (Phi) is 4.59. The molecule has 0 saturated carbocycles. The predicted octanol–water partition coefficient (Wildman–Crippen LogP) is -2.27. The van der Waals surface area contributed by atoms with Crippen LogP contribution in [0, 0.1) is 33.7 Å². The van der Waals surface area contributed by atoms with Crippen LogP contribution in [0.15, 0.2) is 0 Å². The van der Waals surface area contributed by atoms with Crippen LogP contribution in [0.25, 0.3) is 0 Å². The van der Waals surface area contributed by atoms with Crippen molar-refractivity contribution in [2.24, 2.45) is 0 Å². The van der Waals surface area contributed by atoms with Crippen molar-refractivity contribution >= 4 is 6.15 Å². The fourth-order valence-electron chi connectivity index (χ4n) is 0.306. The molecule has 12 heavy (non-hydrogen) atoms. The standard InChI is InChI=1S/C4BF3N3.Li/c6-4(7,8)5(1-9,2-10)3-11;/q-1;+1. The fourth-order valence-corrected chi connectivity index (χ4v) is 0.306. The van der Waals surface area contributed by atoms with Crippen molar-refractivity contribution < 1.29 is 32.0 Å². The normalized spacial score (nSPS) is 10.0. The van der Waals surface area contributed by atoms with Crippen LogP contribution in [-0.4, -0.2) is 12.2 Å². The van der Waals surface area contributed by atoms with Crippen LogP contribution in [0.4, 0.5) is 13.2 Å². The molecule has 56 valence electrons. The summed E-state index contributed by atoms with van der Waals surface area (Å²) in [7, 11) is 0. The summed E-state index contributed by atoms with van der Waals surface area (Å²) in [6.45, 7) is 0. The van der Waals surface area contributed by atoms with Crippen LogP contribution in [0.2, 0.25) is 0 Å². The molecule has 0 spiro atoms. The Bertz CT molecular complexity index is 244. The zero-order chi connectivity index (χ0) is 9.12. The van der Waals surface area contributed by atoms with Gasteiger partial charge in [0.25, 0.3) is 6.08 Å². The summed E-state index contributed by atoms with van der Waals surface area (Å²) in [6, 6.07) is 0. The largest absolute Gasteiger partial charge is 1.00 e. The molecule has 0 saturated heterocycles. The van der Waals surface area contributed by atoms with Crippen molar-refractivity contribution in [2.45, 2.75) is 6.08 Å². The molecule has 0 heterocycles. The van der Waals surface area contributed by atoms with Gasteiger partial charge in [0.15, 0.2) is 0 Å². The molecule has 8 heteroatoms. The zero-order valence-corrected chi connectivity index (χ0v) is 6.05. The summed E-state index contributed by atoms with van der Waals surface area (Å²) < 4.78 is 35.2. The fraction of sp³-hybridized carbons (Fsp3) is 0.250. The molecule has 0 aliphatic rings. The van der Waals surface area contributed by atoms with Crippen molar-refractivity contribution in [3.63, 3.8) is 0 Å². The molecule has 0 aliphatic carbocycles. The van der Waals surface area contributed by atoms with Gasteiger partial charge in [-0.15, -0.1) is 17.9 Å². The maximum Gasteiger partial charge on any atom is 1.00 e. The molecule has 0 rings (SSSR count). The SMILES string of the molecule is N#C[B-](C#N)(C#N)C(F)(F)F.[Li+]. The van der Waals surface area contributed by atoms with E-state index in [1.54, 1.807) is 0 Å². The van der Waals surface area contributed by atoms with Gasteiger partial charge in [-0.1, -0.05) is 0 Å². The maximum absolute atomic E-state index is 11.7. The summed E-state index contributed by atoms with van der Waals surface area (Å²) in [6.07, 6.45) is -9.24. The zero-order valence-electron chi connectivity index (χ0n) is 6.05. The van der Waals surface area contributed by atoms with Gasteiger partial charge in [-0.2, -0.15) is 0 Å². The van der Waals surface area contributed by atoms with E-state index in [9.17, 15) is 13.2 Å². The molecule has 3 nitrogen and oxygen atoms in total. The van der Waals surface area contributed by atoms with Crippen molar-refractivity contribution in [1.82, 2.24) is 0 Å². The average Bonchev–Trinajstić information content (AvgIpc) is 1.90. The van der Waals surface area contributed by atoms with Crippen LogP contribution < -0.4 is 18.9 Å². The minimum Gasteiger partial charge on any atom is -0.247 e. The molecule has 0 radical (unpaired) electrons. The molecule has 0 fully saturated rings. The molecule has 0 aromatic rings. The number of rotatable bonds is 0. The average molecular weight is 165 g/mol. The van der Waals surface area contributed by atoms with Crippen LogP contribution >= 0.6 is 0 Å². The van der Waals surface area contributed by atoms with Gasteiger partial charge >= 0.3 is 25.0 Å². The topological polar surface area (TPSA) is 71.4 Å².